The van der Waals surface area contributed by atoms with Gasteiger partial charge in [-0.1, -0.05) is 31.5 Å². The van der Waals surface area contributed by atoms with Crippen molar-refractivity contribution in [2.75, 3.05) is 6.54 Å². The van der Waals surface area contributed by atoms with E-state index in [2.05, 4.69) is 18.3 Å². The fourth-order valence-corrected chi connectivity index (χ4v) is 2.54. The van der Waals surface area contributed by atoms with E-state index in [-0.39, 0.29) is 11.5 Å². The summed E-state index contributed by atoms with van der Waals surface area (Å²) in [5.41, 5.74) is 1.08. The van der Waals surface area contributed by atoms with Crippen LogP contribution in [0.3, 0.4) is 0 Å². The van der Waals surface area contributed by atoms with Gasteiger partial charge in [-0.15, -0.1) is 0 Å². The Bertz CT molecular complexity index is 446. The summed E-state index contributed by atoms with van der Waals surface area (Å²) in [5, 5.41) is 22.2. The number of rotatable bonds is 5. The highest BCUT2D eigenvalue weighted by Crippen LogP contribution is 2.43. The molecule has 1 aromatic carbocycles. The fraction of sp³-hybridized carbons (Fsp3) is 0.533. The highest BCUT2D eigenvalue weighted by Gasteiger charge is 2.39. The fourth-order valence-electron chi connectivity index (χ4n) is 2.54. The van der Waals surface area contributed by atoms with Crippen molar-refractivity contribution in [3.8, 4) is 11.8 Å². The van der Waals surface area contributed by atoms with Gasteiger partial charge in [-0.2, -0.15) is 5.26 Å². The molecule has 0 radical (unpaired) electrons. The second-order valence-corrected chi connectivity index (χ2v) is 5.40. The van der Waals surface area contributed by atoms with Crippen molar-refractivity contribution < 1.29 is 5.11 Å². The molecule has 0 unspecified atom stereocenters. The highest BCUT2D eigenvalue weighted by atomic mass is 16.3. The zero-order valence-electron chi connectivity index (χ0n) is 10.8. The molecule has 0 aromatic heterocycles. The van der Waals surface area contributed by atoms with Crippen LogP contribution in [0, 0.1) is 16.7 Å². The van der Waals surface area contributed by atoms with Gasteiger partial charge in [-0.25, -0.2) is 0 Å². The molecule has 18 heavy (non-hydrogen) atoms. The molecule has 3 heteroatoms. The third-order valence-electron chi connectivity index (χ3n) is 4.06. The molecule has 0 amide bonds. The summed E-state index contributed by atoms with van der Waals surface area (Å²) in [4.78, 5) is 0. The molecule has 1 aromatic rings. The highest BCUT2D eigenvalue weighted by molar-refractivity contribution is 5.31. The molecule has 0 bridgehead atoms. The lowest BCUT2D eigenvalue weighted by Crippen LogP contribution is -2.47. The Morgan fingerprint density at radius 2 is 2.17 bits per heavy atom. The van der Waals surface area contributed by atoms with Crippen LogP contribution in [-0.4, -0.2) is 17.7 Å². The Morgan fingerprint density at radius 1 is 1.44 bits per heavy atom. The van der Waals surface area contributed by atoms with Gasteiger partial charge in [-0.05, 0) is 36.3 Å². The second kappa shape index (κ2) is 5.41. The quantitative estimate of drug-likeness (QED) is 0.837. The SMILES string of the molecule is CC1([C@@H](C#N)NCCc2ccccc2O)CCC1. The second-order valence-electron chi connectivity index (χ2n) is 5.40. The predicted octanol–water partition coefficient (Wildman–Crippen LogP) is 2.61. The minimum absolute atomic E-state index is 0.0721. The molecule has 2 N–H and O–H groups in total. The Kier molecular flexibility index (Phi) is 3.88. The molecule has 2 rings (SSSR count). The molecular weight excluding hydrogens is 224 g/mol. The van der Waals surface area contributed by atoms with Gasteiger partial charge in [0.25, 0.3) is 0 Å². The van der Waals surface area contributed by atoms with E-state index in [1.807, 2.05) is 18.2 Å². The van der Waals surface area contributed by atoms with Crippen LogP contribution in [0.2, 0.25) is 0 Å². The maximum absolute atomic E-state index is 9.66. The number of hydrogen-bond acceptors (Lipinski definition) is 3. The van der Waals surface area contributed by atoms with Gasteiger partial charge in [0.05, 0.1) is 6.07 Å². The first-order chi connectivity index (χ1) is 8.65. The van der Waals surface area contributed by atoms with Crippen LogP contribution in [0.5, 0.6) is 5.75 Å². The van der Waals surface area contributed by atoms with Gasteiger partial charge in [-0.3, -0.25) is 0 Å². The van der Waals surface area contributed by atoms with Crippen LogP contribution in [-0.2, 0) is 6.42 Å². The van der Waals surface area contributed by atoms with E-state index in [9.17, 15) is 10.4 Å². The lowest BCUT2D eigenvalue weighted by Gasteiger charge is -2.42. The maximum Gasteiger partial charge on any atom is 0.118 e. The first kappa shape index (κ1) is 12.9. The molecule has 1 atom stereocenters. The Labute approximate surface area is 108 Å². The number of phenolic OH excluding ortho intramolecular Hbond substituents is 1. The van der Waals surface area contributed by atoms with Gasteiger partial charge in [0.15, 0.2) is 0 Å². The summed E-state index contributed by atoms with van der Waals surface area (Å²) in [5.74, 6) is 0.336. The third kappa shape index (κ3) is 2.65. The average molecular weight is 244 g/mol. The summed E-state index contributed by atoms with van der Waals surface area (Å²) in [6.07, 6.45) is 4.25. The van der Waals surface area contributed by atoms with Crippen molar-refractivity contribution in [1.82, 2.24) is 5.32 Å². The van der Waals surface area contributed by atoms with Crippen molar-refractivity contribution in [1.29, 1.82) is 5.26 Å². The number of hydrogen-bond donors (Lipinski definition) is 2. The number of nitriles is 1. The first-order valence-corrected chi connectivity index (χ1v) is 6.55. The van der Waals surface area contributed by atoms with Gasteiger partial charge >= 0.3 is 0 Å². The van der Waals surface area contributed by atoms with Crippen LogP contribution in [0.15, 0.2) is 24.3 Å². The first-order valence-electron chi connectivity index (χ1n) is 6.55. The number of para-hydroxylation sites is 1. The Balaban J connectivity index is 1.85. The van der Waals surface area contributed by atoms with E-state index in [1.165, 1.54) is 6.42 Å². The number of nitrogens with one attached hydrogen (secondary N) is 1. The van der Waals surface area contributed by atoms with Crippen molar-refractivity contribution in [3.63, 3.8) is 0 Å². The monoisotopic (exact) mass is 244 g/mol. The van der Waals surface area contributed by atoms with E-state index in [4.69, 9.17) is 0 Å². The minimum Gasteiger partial charge on any atom is -0.508 e. The Morgan fingerprint density at radius 3 is 2.72 bits per heavy atom. The van der Waals surface area contributed by atoms with Crippen molar-refractivity contribution >= 4 is 0 Å². The van der Waals surface area contributed by atoms with Gasteiger partial charge in [0.1, 0.15) is 11.8 Å². The molecule has 0 saturated heterocycles. The maximum atomic E-state index is 9.66. The van der Waals surface area contributed by atoms with Crippen LogP contribution in [0.4, 0.5) is 0 Å². The summed E-state index contributed by atoms with van der Waals surface area (Å²) >= 11 is 0. The number of aromatic hydroxyl groups is 1. The summed E-state index contributed by atoms with van der Waals surface area (Å²) in [6.45, 7) is 2.91. The zero-order valence-corrected chi connectivity index (χ0v) is 10.8. The topological polar surface area (TPSA) is 56.0 Å². The zero-order chi connectivity index (χ0) is 13.0. The number of nitrogens with zero attached hydrogens (tertiary/aromatic N) is 1. The molecule has 96 valence electrons. The van der Waals surface area contributed by atoms with E-state index in [0.29, 0.717) is 5.75 Å². The van der Waals surface area contributed by atoms with Crippen LogP contribution >= 0.6 is 0 Å². The third-order valence-corrected chi connectivity index (χ3v) is 4.06. The number of phenols is 1. The molecule has 1 aliphatic rings. The van der Waals surface area contributed by atoms with Crippen molar-refractivity contribution in [2.24, 2.45) is 5.41 Å². The Hall–Kier alpha value is -1.53. The van der Waals surface area contributed by atoms with E-state index >= 15 is 0 Å². The average Bonchev–Trinajstić information content (AvgIpc) is 2.34. The summed E-state index contributed by atoms with van der Waals surface area (Å²) in [7, 11) is 0. The standard InChI is InChI=1S/C15H20N2O/c1-15(8-4-9-15)14(11-16)17-10-7-12-5-2-3-6-13(12)18/h2-3,5-6,14,17-18H,4,7-10H2,1H3/t14-/m1/s1. The molecular formula is C15H20N2O. The van der Waals surface area contributed by atoms with Crippen LogP contribution in [0.1, 0.15) is 31.7 Å². The molecule has 1 saturated carbocycles. The lowest BCUT2D eigenvalue weighted by atomic mass is 9.66. The normalized spacial score (nSPS) is 18.7. The molecule has 3 nitrogen and oxygen atoms in total. The number of benzene rings is 1. The molecule has 0 spiro atoms. The largest absolute Gasteiger partial charge is 0.508 e. The van der Waals surface area contributed by atoms with Gasteiger partial charge < -0.3 is 10.4 Å². The van der Waals surface area contributed by atoms with Crippen LogP contribution in [0.25, 0.3) is 0 Å². The summed E-state index contributed by atoms with van der Waals surface area (Å²) in [6, 6.07) is 9.66. The van der Waals surface area contributed by atoms with Crippen LogP contribution < -0.4 is 5.32 Å². The molecule has 1 aliphatic carbocycles. The summed E-state index contributed by atoms with van der Waals surface area (Å²) < 4.78 is 0. The smallest absolute Gasteiger partial charge is 0.118 e. The minimum atomic E-state index is -0.0721. The molecule has 0 heterocycles. The predicted molar refractivity (Wildman–Crippen MR) is 71.2 cm³/mol. The van der Waals surface area contributed by atoms with Gasteiger partial charge in [0.2, 0.25) is 0 Å². The van der Waals surface area contributed by atoms with Crippen molar-refractivity contribution in [3.05, 3.63) is 29.8 Å². The van der Waals surface area contributed by atoms with E-state index < -0.39 is 0 Å². The molecule has 0 aliphatic heterocycles. The molecule has 1 fully saturated rings. The van der Waals surface area contributed by atoms with Crippen molar-refractivity contribution in [2.45, 2.75) is 38.6 Å². The van der Waals surface area contributed by atoms with E-state index in [0.717, 1.165) is 31.4 Å². The van der Waals surface area contributed by atoms with Gasteiger partial charge in [0, 0.05) is 6.54 Å². The lowest BCUT2D eigenvalue weighted by molar-refractivity contribution is 0.125. The van der Waals surface area contributed by atoms with E-state index in [1.54, 1.807) is 6.07 Å².